The van der Waals surface area contributed by atoms with Crippen LogP contribution in [-0.2, 0) is 0 Å². The second kappa shape index (κ2) is 1.48. The van der Waals surface area contributed by atoms with Gasteiger partial charge in [0, 0.05) is 18.2 Å². The summed E-state index contributed by atoms with van der Waals surface area (Å²) < 4.78 is 0. The molecule has 1 fully saturated rings. The molecule has 3 aliphatic rings. The van der Waals surface area contributed by atoms with Gasteiger partial charge in [-0.1, -0.05) is 6.92 Å². The minimum atomic E-state index is 0.317. The molecule has 2 bridgehead atoms. The van der Waals surface area contributed by atoms with Crippen molar-refractivity contribution in [2.75, 3.05) is 0 Å². The van der Waals surface area contributed by atoms with Gasteiger partial charge in [-0.2, -0.15) is 5.10 Å². The van der Waals surface area contributed by atoms with E-state index in [4.69, 9.17) is 5.73 Å². The fourth-order valence-corrected chi connectivity index (χ4v) is 1.69. The van der Waals surface area contributed by atoms with Crippen molar-refractivity contribution in [2.24, 2.45) is 22.7 Å². The summed E-state index contributed by atoms with van der Waals surface area (Å²) in [6.45, 7) is 2.21. The van der Waals surface area contributed by atoms with Gasteiger partial charge in [0.2, 0.25) is 0 Å². The highest BCUT2D eigenvalue weighted by Gasteiger charge is 2.46. The number of hydrogen-bond acceptors (Lipinski definition) is 3. The maximum atomic E-state index is 5.76. The van der Waals surface area contributed by atoms with E-state index in [1.807, 2.05) is 6.21 Å². The van der Waals surface area contributed by atoms with Crippen LogP contribution in [-0.4, -0.2) is 18.3 Å². The molecule has 1 aliphatic carbocycles. The molecule has 0 aromatic carbocycles. The van der Waals surface area contributed by atoms with Crippen LogP contribution in [0.25, 0.3) is 0 Å². The van der Waals surface area contributed by atoms with Crippen molar-refractivity contribution in [3.8, 4) is 0 Å². The normalized spacial score (nSPS) is 54.0. The van der Waals surface area contributed by atoms with Crippen molar-refractivity contribution in [2.45, 2.75) is 19.0 Å². The first-order chi connectivity index (χ1) is 4.30. The van der Waals surface area contributed by atoms with Gasteiger partial charge in [-0.15, -0.1) is 0 Å². The number of fused-ring (bicyclic) bond motifs is 1. The summed E-state index contributed by atoms with van der Waals surface area (Å²) in [5.41, 5.74) is 8.76. The van der Waals surface area contributed by atoms with Crippen molar-refractivity contribution < 1.29 is 0 Å². The lowest BCUT2D eigenvalue weighted by Crippen LogP contribution is -2.67. The van der Waals surface area contributed by atoms with Crippen molar-refractivity contribution >= 4 is 6.21 Å². The molecule has 2 heterocycles. The summed E-state index contributed by atoms with van der Waals surface area (Å²) in [5, 5.41) is 3.95. The summed E-state index contributed by atoms with van der Waals surface area (Å²) in [5.74, 6) is 1.23. The summed E-state index contributed by atoms with van der Waals surface area (Å²) in [4.78, 5) is 0. The molecule has 4 atom stereocenters. The lowest BCUT2D eigenvalue weighted by atomic mass is 9.66. The molecule has 3 N–H and O–H groups in total. The molecule has 3 nitrogen and oxygen atoms in total. The third-order valence-corrected chi connectivity index (χ3v) is 2.50. The molecule has 0 radical (unpaired) electrons. The van der Waals surface area contributed by atoms with Gasteiger partial charge in [0.15, 0.2) is 0 Å². The predicted molar refractivity (Wildman–Crippen MR) is 36.0 cm³/mol. The molecule has 3 heteroatoms. The highest BCUT2D eigenvalue weighted by molar-refractivity contribution is 5.66. The van der Waals surface area contributed by atoms with Crippen LogP contribution >= 0.6 is 0 Å². The van der Waals surface area contributed by atoms with E-state index in [9.17, 15) is 0 Å². The van der Waals surface area contributed by atoms with Gasteiger partial charge in [-0.25, -0.2) is 0 Å². The van der Waals surface area contributed by atoms with E-state index in [1.165, 1.54) is 0 Å². The van der Waals surface area contributed by atoms with Gasteiger partial charge in [-0.05, 0) is 5.92 Å². The van der Waals surface area contributed by atoms with E-state index in [0.717, 1.165) is 0 Å². The Morgan fingerprint density at radius 3 is 2.67 bits per heavy atom. The Labute approximate surface area is 54.3 Å². The van der Waals surface area contributed by atoms with Crippen LogP contribution < -0.4 is 11.2 Å². The monoisotopic (exact) mass is 125 g/mol. The number of hydrazone groups is 1. The summed E-state index contributed by atoms with van der Waals surface area (Å²) in [6.07, 6.45) is 1.93. The Hall–Kier alpha value is -0.570. The molecular weight excluding hydrogens is 114 g/mol. The van der Waals surface area contributed by atoms with Gasteiger partial charge in [0.1, 0.15) is 0 Å². The van der Waals surface area contributed by atoms with Crippen LogP contribution in [0.2, 0.25) is 0 Å². The van der Waals surface area contributed by atoms with Crippen molar-refractivity contribution in [1.82, 2.24) is 5.43 Å². The zero-order valence-electron chi connectivity index (χ0n) is 5.41. The van der Waals surface area contributed by atoms with Crippen LogP contribution in [0.3, 0.4) is 0 Å². The quantitative estimate of drug-likeness (QED) is 0.460. The average Bonchev–Trinajstić information content (AvgIpc) is 1.91. The van der Waals surface area contributed by atoms with Crippen molar-refractivity contribution in [3.05, 3.63) is 0 Å². The molecule has 0 aromatic heterocycles. The number of rotatable bonds is 0. The first-order valence-electron chi connectivity index (χ1n) is 3.35. The molecular formula is C6H11N3. The second-order valence-electron chi connectivity index (χ2n) is 2.95. The lowest BCUT2D eigenvalue weighted by Gasteiger charge is -2.49. The average molecular weight is 125 g/mol. The fourth-order valence-electron chi connectivity index (χ4n) is 1.69. The molecule has 0 amide bonds. The highest BCUT2D eigenvalue weighted by atomic mass is 15.3. The minimum Gasteiger partial charge on any atom is -0.325 e. The molecule has 0 aromatic rings. The van der Waals surface area contributed by atoms with Crippen molar-refractivity contribution in [3.63, 3.8) is 0 Å². The van der Waals surface area contributed by atoms with Gasteiger partial charge >= 0.3 is 0 Å². The molecule has 0 saturated heterocycles. The van der Waals surface area contributed by atoms with E-state index in [1.54, 1.807) is 0 Å². The predicted octanol–water partition coefficient (Wildman–Crippen LogP) is -0.463. The van der Waals surface area contributed by atoms with E-state index in [2.05, 4.69) is 17.5 Å². The van der Waals surface area contributed by atoms with Gasteiger partial charge in [0.25, 0.3) is 0 Å². The maximum absolute atomic E-state index is 5.76. The zero-order valence-corrected chi connectivity index (χ0v) is 5.41. The Balaban J connectivity index is 2.21. The van der Waals surface area contributed by atoms with E-state index >= 15 is 0 Å². The summed E-state index contributed by atoms with van der Waals surface area (Å²) in [6, 6.07) is 0.762. The summed E-state index contributed by atoms with van der Waals surface area (Å²) in [7, 11) is 0. The highest BCUT2D eigenvalue weighted by Crippen LogP contribution is 2.34. The van der Waals surface area contributed by atoms with Crippen LogP contribution in [0.4, 0.5) is 0 Å². The topological polar surface area (TPSA) is 50.4 Å². The van der Waals surface area contributed by atoms with Crippen LogP contribution in [0.1, 0.15) is 6.92 Å². The Kier molecular flexibility index (Phi) is 0.858. The number of nitrogens with zero attached hydrogens (tertiary/aromatic N) is 1. The van der Waals surface area contributed by atoms with Gasteiger partial charge in [0.05, 0.1) is 6.04 Å². The second-order valence-corrected chi connectivity index (χ2v) is 2.95. The third-order valence-electron chi connectivity index (χ3n) is 2.50. The molecule has 1 saturated carbocycles. The SMILES string of the molecule is CC1C2C=NNC1C2N. The van der Waals surface area contributed by atoms with E-state index in [0.29, 0.717) is 23.9 Å². The molecule has 50 valence electrons. The smallest absolute Gasteiger partial charge is 0.0629 e. The van der Waals surface area contributed by atoms with Crippen LogP contribution in [0.5, 0.6) is 0 Å². The third kappa shape index (κ3) is 0.477. The Morgan fingerprint density at radius 1 is 1.67 bits per heavy atom. The molecule has 4 unspecified atom stereocenters. The standard InChI is InChI=1S/C6H11N3/c1-3-4-2-8-9-6(3)5(4)7/h2-6,9H,7H2,1H3. The lowest BCUT2D eigenvalue weighted by molar-refractivity contribution is 0.125. The maximum Gasteiger partial charge on any atom is 0.0629 e. The minimum absolute atomic E-state index is 0.317. The van der Waals surface area contributed by atoms with E-state index in [-0.39, 0.29) is 0 Å². The molecule has 0 spiro atoms. The van der Waals surface area contributed by atoms with Crippen molar-refractivity contribution in [1.29, 1.82) is 0 Å². The van der Waals surface area contributed by atoms with Crippen LogP contribution in [0.15, 0.2) is 5.10 Å². The zero-order chi connectivity index (χ0) is 6.43. The fraction of sp³-hybridized carbons (Fsp3) is 0.833. The van der Waals surface area contributed by atoms with Gasteiger partial charge in [-0.3, -0.25) is 0 Å². The van der Waals surface area contributed by atoms with Gasteiger partial charge < -0.3 is 11.2 Å². The number of hydrogen-bond donors (Lipinski definition) is 2. The Bertz CT molecular complexity index is 144. The largest absolute Gasteiger partial charge is 0.325 e. The Morgan fingerprint density at radius 2 is 2.44 bits per heavy atom. The first kappa shape index (κ1) is 5.23. The first-order valence-corrected chi connectivity index (χ1v) is 3.35. The molecule has 9 heavy (non-hydrogen) atoms. The number of nitrogens with two attached hydrogens (primary N) is 1. The number of nitrogens with one attached hydrogen (secondary N) is 1. The molecule has 3 rings (SSSR count). The van der Waals surface area contributed by atoms with E-state index < -0.39 is 0 Å². The van der Waals surface area contributed by atoms with Crippen LogP contribution in [0, 0.1) is 11.8 Å². The summed E-state index contributed by atoms with van der Waals surface area (Å²) >= 11 is 0. The molecule has 2 aliphatic heterocycles.